The van der Waals surface area contributed by atoms with E-state index in [1.165, 1.54) is 23.5 Å². The Balaban J connectivity index is 1.68. The number of ether oxygens (including phenoxy) is 1. The first-order chi connectivity index (χ1) is 14.6. The number of unbranched alkanes of at least 4 members (excludes halogenated alkanes) is 1. The van der Waals surface area contributed by atoms with Gasteiger partial charge in [0.15, 0.2) is 0 Å². The second-order valence-corrected chi connectivity index (χ2v) is 7.24. The van der Waals surface area contributed by atoms with Gasteiger partial charge in [0.25, 0.3) is 5.69 Å². The van der Waals surface area contributed by atoms with Crippen LogP contribution in [0.2, 0.25) is 0 Å². The Hall–Kier alpha value is -3.70. The van der Waals surface area contributed by atoms with Crippen molar-refractivity contribution in [3.8, 4) is 23.1 Å². The lowest BCUT2D eigenvalue weighted by molar-refractivity contribution is -0.384. The summed E-state index contributed by atoms with van der Waals surface area (Å²) in [6, 6.07) is 15.9. The number of nitriles is 1. The number of benzene rings is 2. The lowest BCUT2D eigenvalue weighted by Crippen LogP contribution is -1.96. The molecule has 1 N–H and O–H groups in total. The van der Waals surface area contributed by atoms with Gasteiger partial charge in [-0.15, -0.1) is 11.3 Å². The second-order valence-electron chi connectivity index (χ2n) is 6.38. The number of non-ortho nitro benzene ring substituents is 1. The van der Waals surface area contributed by atoms with E-state index in [4.69, 9.17) is 4.74 Å². The number of hydrogen-bond acceptors (Lipinski definition) is 7. The van der Waals surface area contributed by atoms with Crippen LogP contribution in [0.1, 0.15) is 24.8 Å². The Bertz CT molecular complexity index is 1070. The highest BCUT2D eigenvalue weighted by Gasteiger charge is 2.11. The van der Waals surface area contributed by atoms with Gasteiger partial charge in [-0.25, -0.2) is 4.98 Å². The van der Waals surface area contributed by atoms with Crippen molar-refractivity contribution in [1.29, 1.82) is 5.26 Å². The van der Waals surface area contributed by atoms with Gasteiger partial charge < -0.3 is 10.1 Å². The number of rotatable bonds is 9. The fourth-order valence-corrected chi connectivity index (χ4v) is 3.36. The summed E-state index contributed by atoms with van der Waals surface area (Å²) in [6.07, 6.45) is 3.72. The van der Waals surface area contributed by atoms with E-state index in [1.807, 2.05) is 29.6 Å². The van der Waals surface area contributed by atoms with Crippen LogP contribution >= 0.6 is 11.3 Å². The lowest BCUT2D eigenvalue weighted by Gasteiger charge is -2.06. The molecule has 0 atom stereocenters. The number of nitrogens with zero attached hydrogens (tertiary/aromatic N) is 3. The molecular formula is C22H20N4O3S. The van der Waals surface area contributed by atoms with Gasteiger partial charge in [-0.05, 0) is 42.8 Å². The van der Waals surface area contributed by atoms with Crippen LogP contribution in [0.5, 0.6) is 5.75 Å². The fourth-order valence-electron chi connectivity index (χ4n) is 2.56. The summed E-state index contributed by atoms with van der Waals surface area (Å²) in [5, 5.41) is 25.8. The highest BCUT2D eigenvalue weighted by molar-refractivity contribution is 7.11. The van der Waals surface area contributed by atoms with Crippen LogP contribution in [-0.4, -0.2) is 16.5 Å². The molecule has 0 aliphatic carbocycles. The minimum Gasteiger partial charge on any atom is -0.494 e. The van der Waals surface area contributed by atoms with Gasteiger partial charge in [-0.2, -0.15) is 5.26 Å². The molecule has 152 valence electrons. The van der Waals surface area contributed by atoms with Gasteiger partial charge in [0.05, 0.1) is 17.2 Å². The summed E-state index contributed by atoms with van der Waals surface area (Å²) in [6.45, 7) is 2.82. The van der Waals surface area contributed by atoms with E-state index in [1.54, 1.807) is 18.3 Å². The number of anilines is 1. The number of hydrogen-bond donors (Lipinski definition) is 1. The van der Waals surface area contributed by atoms with E-state index < -0.39 is 4.92 Å². The summed E-state index contributed by atoms with van der Waals surface area (Å²) < 4.78 is 5.64. The Morgan fingerprint density at radius 3 is 2.63 bits per heavy atom. The van der Waals surface area contributed by atoms with Gasteiger partial charge in [0, 0.05) is 35.0 Å². The normalized spacial score (nSPS) is 11.0. The molecule has 1 heterocycles. The maximum Gasteiger partial charge on any atom is 0.269 e. The minimum absolute atomic E-state index is 0.0257. The standard InChI is InChI=1S/C22H20N4O3S/c1-2-3-12-29-20-10-6-18(7-11-20)24-14-17(13-23)22-25-21(15-30-22)16-4-8-19(9-5-16)26(27)28/h4-11,14-15,24H,2-3,12H2,1H3/b17-14+. The van der Waals surface area contributed by atoms with Gasteiger partial charge >= 0.3 is 0 Å². The Kier molecular flexibility index (Phi) is 7.14. The first-order valence-corrected chi connectivity index (χ1v) is 10.3. The summed E-state index contributed by atoms with van der Waals surface area (Å²) in [4.78, 5) is 14.8. The summed E-state index contributed by atoms with van der Waals surface area (Å²) in [7, 11) is 0. The number of nitro benzene ring substituents is 1. The summed E-state index contributed by atoms with van der Waals surface area (Å²) in [5.41, 5.74) is 2.68. The molecule has 30 heavy (non-hydrogen) atoms. The van der Waals surface area contributed by atoms with Crippen LogP contribution in [-0.2, 0) is 0 Å². The fraction of sp³-hybridized carbons (Fsp3) is 0.182. The Labute approximate surface area is 178 Å². The Morgan fingerprint density at radius 2 is 2.00 bits per heavy atom. The molecule has 0 radical (unpaired) electrons. The first-order valence-electron chi connectivity index (χ1n) is 9.41. The molecule has 3 aromatic rings. The zero-order chi connectivity index (χ0) is 21.3. The van der Waals surface area contributed by atoms with Crippen LogP contribution in [0, 0.1) is 21.4 Å². The number of nitrogens with one attached hydrogen (secondary N) is 1. The molecule has 0 unspecified atom stereocenters. The molecule has 3 rings (SSSR count). The first kappa shape index (κ1) is 21.0. The molecule has 0 bridgehead atoms. The van der Waals surface area contributed by atoms with Crippen LogP contribution in [0.4, 0.5) is 11.4 Å². The smallest absolute Gasteiger partial charge is 0.269 e. The third-order valence-electron chi connectivity index (χ3n) is 4.23. The SMILES string of the molecule is CCCCOc1ccc(N/C=C(\C#N)c2nc(-c3ccc([N+](=O)[O-])cc3)cs2)cc1. The van der Waals surface area contributed by atoms with Crippen LogP contribution in [0.3, 0.4) is 0 Å². The average molecular weight is 420 g/mol. The molecule has 1 aromatic heterocycles. The van der Waals surface area contributed by atoms with E-state index in [2.05, 4.69) is 23.3 Å². The predicted molar refractivity (Wildman–Crippen MR) is 118 cm³/mol. The maximum atomic E-state index is 10.8. The molecule has 0 spiro atoms. The van der Waals surface area contributed by atoms with Crippen LogP contribution in [0.15, 0.2) is 60.1 Å². The van der Waals surface area contributed by atoms with E-state index in [-0.39, 0.29) is 5.69 Å². The highest BCUT2D eigenvalue weighted by atomic mass is 32.1. The van der Waals surface area contributed by atoms with Crippen molar-refractivity contribution in [2.24, 2.45) is 0 Å². The second kappa shape index (κ2) is 10.2. The highest BCUT2D eigenvalue weighted by Crippen LogP contribution is 2.27. The van der Waals surface area contributed by atoms with Crippen molar-refractivity contribution >= 4 is 28.3 Å². The Morgan fingerprint density at radius 1 is 1.27 bits per heavy atom. The maximum absolute atomic E-state index is 10.8. The number of aromatic nitrogens is 1. The van der Waals surface area contributed by atoms with Gasteiger partial charge in [0.1, 0.15) is 22.4 Å². The number of thiazole rings is 1. The molecule has 2 aromatic carbocycles. The quantitative estimate of drug-likeness (QED) is 0.201. The van der Waals surface area contributed by atoms with Crippen molar-refractivity contribution < 1.29 is 9.66 Å². The third-order valence-corrected chi connectivity index (χ3v) is 5.11. The zero-order valence-corrected chi connectivity index (χ0v) is 17.2. The van der Waals surface area contributed by atoms with Crippen molar-refractivity contribution in [1.82, 2.24) is 4.98 Å². The molecule has 0 fully saturated rings. The van der Waals surface area contributed by atoms with Gasteiger partial charge in [-0.3, -0.25) is 10.1 Å². The van der Waals surface area contributed by atoms with Crippen LogP contribution in [0.25, 0.3) is 16.8 Å². The molecule has 0 aliphatic rings. The van der Waals surface area contributed by atoms with Gasteiger partial charge in [0.2, 0.25) is 0 Å². The third kappa shape index (κ3) is 5.43. The van der Waals surface area contributed by atoms with E-state index in [0.717, 1.165) is 29.8 Å². The molecule has 8 heteroatoms. The summed E-state index contributed by atoms with van der Waals surface area (Å²) in [5.74, 6) is 0.811. The topological polar surface area (TPSA) is 101 Å². The van der Waals surface area contributed by atoms with E-state index >= 15 is 0 Å². The average Bonchev–Trinajstić information content (AvgIpc) is 3.25. The van der Waals surface area contributed by atoms with E-state index in [0.29, 0.717) is 22.9 Å². The zero-order valence-electron chi connectivity index (χ0n) is 16.4. The number of nitro groups is 1. The summed E-state index contributed by atoms with van der Waals surface area (Å²) >= 11 is 1.34. The molecule has 0 amide bonds. The lowest BCUT2D eigenvalue weighted by atomic mass is 10.1. The van der Waals surface area contributed by atoms with Crippen molar-refractivity contribution in [2.75, 3.05) is 11.9 Å². The molecule has 0 aliphatic heterocycles. The van der Waals surface area contributed by atoms with Crippen molar-refractivity contribution in [3.05, 3.63) is 75.2 Å². The van der Waals surface area contributed by atoms with E-state index in [9.17, 15) is 15.4 Å². The largest absolute Gasteiger partial charge is 0.494 e. The van der Waals surface area contributed by atoms with Crippen molar-refractivity contribution in [2.45, 2.75) is 19.8 Å². The van der Waals surface area contributed by atoms with Crippen LogP contribution < -0.4 is 10.1 Å². The number of allylic oxidation sites excluding steroid dienone is 1. The molecule has 7 nitrogen and oxygen atoms in total. The molecule has 0 saturated heterocycles. The monoisotopic (exact) mass is 420 g/mol. The molecule has 0 saturated carbocycles. The van der Waals surface area contributed by atoms with Gasteiger partial charge in [-0.1, -0.05) is 13.3 Å². The molecular weight excluding hydrogens is 400 g/mol. The minimum atomic E-state index is -0.442. The predicted octanol–water partition coefficient (Wildman–Crippen LogP) is 5.87. The van der Waals surface area contributed by atoms with Crippen molar-refractivity contribution in [3.63, 3.8) is 0 Å².